The van der Waals surface area contributed by atoms with Gasteiger partial charge in [-0.15, -0.1) is 10.2 Å². The van der Waals surface area contributed by atoms with E-state index in [1.807, 2.05) is 0 Å². The highest BCUT2D eigenvalue weighted by atomic mass is 32.2. The average molecular weight is 436 g/mol. The first kappa shape index (κ1) is 20.9. The molecule has 0 atom stereocenters. The van der Waals surface area contributed by atoms with Gasteiger partial charge < -0.3 is 4.74 Å². The van der Waals surface area contributed by atoms with Crippen LogP contribution in [0.5, 0.6) is 5.75 Å². The summed E-state index contributed by atoms with van der Waals surface area (Å²) < 4.78 is 69.1. The molecule has 0 spiro atoms. The van der Waals surface area contributed by atoms with E-state index >= 15 is 0 Å². The summed E-state index contributed by atoms with van der Waals surface area (Å²) in [7, 11) is -7.42. The fraction of sp³-hybridized carbons (Fsp3) is 0.111. The number of rotatable bonds is 5. The largest absolute Gasteiger partial charge is 0.494 e. The molecule has 0 saturated heterocycles. The Kier molecular flexibility index (Phi) is 5.41. The molecule has 0 aliphatic rings. The molecule has 11 heteroatoms. The zero-order valence-corrected chi connectivity index (χ0v) is 16.9. The van der Waals surface area contributed by atoms with E-state index in [4.69, 9.17) is 4.74 Å². The minimum Gasteiger partial charge on any atom is -0.494 e. The maximum atomic E-state index is 11.4. The van der Waals surface area contributed by atoms with E-state index in [0.717, 1.165) is 6.07 Å². The van der Waals surface area contributed by atoms with E-state index < -0.39 is 20.2 Å². The second kappa shape index (κ2) is 7.52. The molecule has 0 amide bonds. The molecule has 3 rings (SSSR count). The molecule has 0 unspecified atom stereocenters. The van der Waals surface area contributed by atoms with Gasteiger partial charge in [-0.25, -0.2) is 0 Å². The van der Waals surface area contributed by atoms with Gasteiger partial charge in [-0.1, -0.05) is 18.2 Å². The van der Waals surface area contributed by atoms with Gasteiger partial charge in [-0.3, -0.25) is 9.11 Å². The molecular weight excluding hydrogens is 420 g/mol. The van der Waals surface area contributed by atoms with Crippen LogP contribution in [0.3, 0.4) is 0 Å². The molecule has 152 valence electrons. The lowest BCUT2D eigenvalue weighted by Crippen LogP contribution is -2.01. The SMILES string of the molecule is COc1cc(S(=O)(=O)O)c(C)cc1/N=N/c1cccc2cc(S(=O)(=O)O)ccc12. The van der Waals surface area contributed by atoms with E-state index in [2.05, 4.69) is 10.2 Å². The lowest BCUT2D eigenvalue weighted by molar-refractivity contribution is 0.413. The number of methoxy groups -OCH3 is 1. The standard InChI is InChI=1S/C18H16N2O7S2/c1-11-8-16(17(27-2)10-18(11)29(24,25)26)20-19-15-5-3-4-12-9-13(28(21,22)23)6-7-14(12)15/h3-10H,1-2H3,(H,21,22,23)(H,24,25,26)/b20-19+. The molecule has 2 N–H and O–H groups in total. The van der Waals surface area contributed by atoms with Crippen molar-refractivity contribution in [3.05, 3.63) is 54.1 Å². The summed E-state index contributed by atoms with van der Waals surface area (Å²) in [5, 5.41) is 9.39. The van der Waals surface area contributed by atoms with Crippen LogP contribution >= 0.6 is 0 Å². The van der Waals surface area contributed by atoms with Gasteiger partial charge in [0, 0.05) is 11.5 Å². The van der Waals surface area contributed by atoms with Gasteiger partial charge in [0.15, 0.2) is 0 Å². The molecule has 0 aliphatic heterocycles. The number of ether oxygens (including phenoxy) is 1. The predicted octanol–water partition coefficient (Wildman–Crippen LogP) is 4.07. The molecule has 0 radical (unpaired) electrons. The number of hydrogen-bond acceptors (Lipinski definition) is 7. The van der Waals surface area contributed by atoms with Crippen molar-refractivity contribution in [1.82, 2.24) is 0 Å². The van der Waals surface area contributed by atoms with Crippen molar-refractivity contribution in [2.24, 2.45) is 10.2 Å². The van der Waals surface area contributed by atoms with Crippen molar-refractivity contribution in [3.63, 3.8) is 0 Å². The number of hydrogen-bond donors (Lipinski definition) is 2. The lowest BCUT2D eigenvalue weighted by atomic mass is 10.1. The zero-order chi connectivity index (χ0) is 21.4. The van der Waals surface area contributed by atoms with Crippen LogP contribution in [0.2, 0.25) is 0 Å². The van der Waals surface area contributed by atoms with Crippen LogP contribution in [0.15, 0.2) is 68.6 Å². The number of fused-ring (bicyclic) bond motifs is 1. The Morgan fingerprint density at radius 1 is 0.862 bits per heavy atom. The third-order valence-corrected chi connectivity index (χ3v) is 5.99. The maximum absolute atomic E-state index is 11.4. The first-order chi connectivity index (χ1) is 13.5. The van der Waals surface area contributed by atoms with Crippen molar-refractivity contribution >= 4 is 42.4 Å². The average Bonchev–Trinajstić information content (AvgIpc) is 2.64. The zero-order valence-electron chi connectivity index (χ0n) is 15.3. The molecule has 0 aromatic heterocycles. The van der Waals surface area contributed by atoms with Gasteiger partial charge in [0.2, 0.25) is 0 Å². The maximum Gasteiger partial charge on any atom is 0.294 e. The molecule has 3 aromatic rings. The quantitative estimate of drug-likeness (QED) is 0.453. The summed E-state index contributed by atoms with van der Waals surface area (Å²) in [5.41, 5.74) is 0.921. The van der Waals surface area contributed by atoms with E-state index in [-0.39, 0.29) is 26.8 Å². The van der Waals surface area contributed by atoms with Crippen molar-refractivity contribution in [2.75, 3.05) is 7.11 Å². The first-order valence-electron chi connectivity index (χ1n) is 8.09. The molecule has 0 heterocycles. The van der Waals surface area contributed by atoms with Gasteiger partial charge in [0.25, 0.3) is 20.2 Å². The normalized spacial score (nSPS) is 12.6. The summed E-state index contributed by atoms with van der Waals surface area (Å²) >= 11 is 0. The summed E-state index contributed by atoms with van der Waals surface area (Å²) in [5.74, 6) is 0.0980. The Morgan fingerprint density at radius 2 is 1.55 bits per heavy atom. The van der Waals surface area contributed by atoms with Crippen LogP contribution in [0.25, 0.3) is 10.8 Å². The van der Waals surface area contributed by atoms with Gasteiger partial charge in [-0.05, 0) is 42.1 Å². The lowest BCUT2D eigenvalue weighted by Gasteiger charge is -2.09. The summed E-state index contributed by atoms with van der Waals surface area (Å²) in [4.78, 5) is -0.534. The molecule has 0 saturated carbocycles. The molecule has 0 bridgehead atoms. The predicted molar refractivity (Wildman–Crippen MR) is 105 cm³/mol. The monoisotopic (exact) mass is 436 g/mol. The molecule has 29 heavy (non-hydrogen) atoms. The van der Waals surface area contributed by atoms with Gasteiger partial charge in [0.05, 0.1) is 17.7 Å². The van der Waals surface area contributed by atoms with Gasteiger partial charge in [0.1, 0.15) is 16.3 Å². The van der Waals surface area contributed by atoms with Crippen LogP contribution in [0, 0.1) is 6.92 Å². The number of nitrogens with zero attached hydrogens (tertiary/aromatic N) is 2. The summed E-state index contributed by atoms with van der Waals surface area (Å²) in [6, 6.07) is 11.6. The highest BCUT2D eigenvalue weighted by Crippen LogP contribution is 2.35. The third-order valence-electron chi connectivity index (χ3n) is 4.15. The Bertz CT molecular complexity index is 1350. The number of azo groups is 1. The Morgan fingerprint density at radius 3 is 2.17 bits per heavy atom. The third kappa shape index (κ3) is 4.43. The second-order valence-corrected chi connectivity index (χ2v) is 8.91. The summed E-state index contributed by atoms with van der Waals surface area (Å²) in [6.45, 7) is 1.50. The van der Waals surface area contributed by atoms with Crippen LogP contribution in [-0.2, 0) is 20.2 Å². The van der Waals surface area contributed by atoms with Crippen molar-refractivity contribution in [2.45, 2.75) is 16.7 Å². The van der Waals surface area contributed by atoms with E-state index in [1.54, 1.807) is 18.2 Å². The number of benzene rings is 3. The molecule has 0 aliphatic carbocycles. The Balaban J connectivity index is 2.09. The first-order valence-corrected chi connectivity index (χ1v) is 11.0. The second-order valence-electron chi connectivity index (χ2n) is 6.10. The highest BCUT2D eigenvalue weighted by Gasteiger charge is 2.17. The molecular formula is C18H16N2O7S2. The Hall–Kier alpha value is -2.86. The van der Waals surface area contributed by atoms with Crippen LogP contribution in [0.1, 0.15) is 5.56 Å². The minimum absolute atomic E-state index is 0.0980. The molecule has 9 nitrogen and oxygen atoms in total. The van der Waals surface area contributed by atoms with Crippen LogP contribution < -0.4 is 4.74 Å². The van der Waals surface area contributed by atoms with E-state index in [1.165, 1.54) is 38.3 Å². The van der Waals surface area contributed by atoms with Gasteiger partial charge >= 0.3 is 0 Å². The smallest absolute Gasteiger partial charge is 0.294 e. The van der Waals surface area contributed by atoms with E-state index in [0.29, 0.717) is 16.5 Å². The number of aryl methyl sites for hydroxylation is 1. The highest BCUT2D eigenvalue weighted by molar-refractivity contribution is 7.86. The van der Waals surface area contributed by atoms with Gasteiger partial charge in [-0.2, -0.15) is 16.8 Å². The fourth-order valence-electron chi connectivity index (χ4n) is 2.77. The fourth-order valence-corrected chi connectivity index (χ4v) is 4.01. The van der Waals surface area contributed by atoms with Crippen molar-refractivity contribution in [1.29, 1.82) is 0 Å². The topological polar surface area (TPSA) is 143 Å². The van der Waals surface area contributed by atoms with Crippen molar-refractivity contribution < 1.29 is 30.7 Å². The van der Waals surface area contributed by atoms with Crippen LogP contribution in [0.4, 0.5) is 11.4 Å². The van der Waals surface area contributed by atoms with E-state index in [9.17, 15) is 25.9 Å². The summed E-state index contributed by atoms with van der Waals surface area (Å²) in [6.07, 6.45) is 0. The van der Waals surface area contributed by atoms with Crippen LogP contribution in [-0.4, -0.2) is 33.1 Å². The molecule has 3 aromatic carbocycles. The molecule has 0 fully saturated rings. The Labute approximate surface area is 167 Å². The van der Waals surface area contributed by atoms with Crippen molar-refractivity contribution in [3.8, 4) is 5.75 Å². The minimum atomic E-state index is -4.42.